The zero-order valence-corrected chi connectivity index (χ0v) is 16.6. The zero-order chi connectivity index (χ0) is 21.3. The number of amides is 2. The summed E-state index contributed by atoms with van der Waals surface area (Å²) in [5.74, 6) is -0.417. The Labute approximate surface area is 174 Å². The predicted molar refractivity (Wildman–Crippen MR) is 112 cm³/mol. The standard InChI is InChI=1S/C20H16N4O5S/c1-29-17-6-3-13(9-16(17)24(27)28)19(26)23-20-22-15(10-30-20)12-2-5-14-11(8-12)4-7-18(25)21-14/h2-3,5-6,8-10H,4,7H2,1H3,(H,21,25)(H,22,23,26). The lowest BCUT2D eigenvalue weighted by atomic mass is 9.99. The second-order valence-electron chi connectivity index (χ2n) is 6.56. The number of carbonyl (C=O) groups is 2. The number of aryl methyl sites for hydroxylation is 1. The molecule has 2 N–H and O–H groups in total. The lowest BCUT2D eigenvalue weighted by molar-refractivity contribution is -0.385. The Balaban J connectivity index is 1.53. The Kier molecular flexibility index (Phi) is 5.15. The molecule has 152 valence electrons. The molecule has 2 aromatic carbocycles. The maximum absolute atomic E-state index is 12.5. The van der Waals surface area contributed by atoms with Crippen LogP contribution in [0.5, 0.6) is 5.75 Å². The van der Waals surface area contributed by atoms with Crippen LogP contribution in [0.1, 0.15) is 22.3 Å². The van der Waals surface area contributed by atoms with E-state index in [4.69, 9.17) is 4.74 Å². The maximum Gasteiger partial charge on any atom is 0.311 e. The van der Waals surface area contributed by atoms with Gasteiger partial charge in [0.2, 0.25) is 5.91 Å². The fourth-order valence-corrected chi connectivity index (χ4v) is 3.86. The Bertz CT molecular complexity index is 1170. The first-order valence-electron chi connectivity index (χ1n) is 8.97. The van der Waals surface area contributed by atoms with Gasteiger partial charge in [0.05, 0.1) is 17.7 Å². The predicted octanol–water partition coefficient (Wildman–Crippen LogP) is 3.86. The number of nitro benzene ring substituents is 1. The molecule has 2 heterocycles. The number of anilines is 2. The molecule has 1 aromatic heterocycles. The quantitative estimate of drug-likeness (QED) is 0.473. The molecule has 0 saturated carbocycles. The number of benzene rings is 2. The number of hydrogen-bond acceptors (Lipinski definition) is 7. The van der Waals surface area contributed by atoms with Crippen molar-refractivity contribution in [3.05, 3.63) is 63.0 Å². The molecule has 9 nitrogen and oxygen atoms in total. The number of aromatic nitrogens is 1. The molecule has 3 aromatic rings. The van der Waals surface area contributed by atoms with Crippen LogP contribution in [0, 0.1) is 10.1 Å². The van der Waals surface area contributed by atoms with Gasteiger partial charge in [-0.15, -0.1) is 11.3 Å². The van der Waals surface area contributed by atoms with Crippen molar-refractivity contribution in [2.45, 2.75) is 12.8 Å². The van der Waals surface area contributed by atoms with E-state index in [1.54, 1.807) is 0 Å². The van der Waals surface area contributed by atoms with Crippen LogP contribution in [0.15, 0.2) is 41.8 Å². The van der Waals surface area contributed by atoms with Gasteiger partial charge in [-0.05, 0) is 36.2 Å². The normalized spacial score (nSPS) is 12.6. The Hall–Kier alpha value is -3.79. The molecule has 0 atom stereocenters. The fourth-order valence-electron chi connectivity index (χ4n) is 3.15. The van der Waals surface area contributed by atoms with Gasteiger partial charge in [-0.3, -0.25) is 25.0 Å². The first-order valence-corrected chi connectivity index (χ1v) is 9.85. The molecule has 1 aliphatic rings. The van der Waals surface area contributed by atoms with E-state index in [9.17, 15) is 19.7 Å². The summed E-state index contributed by atoms with van der Waals surface area (Å²) in [4.78, 5) is 39.0. The van der Waals surface area contributed by atoms with Crippen molar-refractivity contribution >= 4 is 39.7 Å². The molecule has 10 heteroatoms. The molecule has 0 bridgehead atoms. The van der Waals surface area contributed by atoms with Crippen LogP contribution >= 0.6 is 11.3 Å². The van der Waals surface area contributed by atoms with E-state index in [0.717, 1.165) is 16.8 Å². The number of thiazole rings is 1. The van der Waals surface area contributed by atoms with Gasteiger partial charge in [-0.25, -0.2) is 4.98 Å². The molecule has 4 rings (SSSR count). The van der Waals surface area contributed by atoms with E-state index >= 15 is 0 Å². The lowest BCUT2D eigenvalue weighted by Crippen LogP contribution is -2.18. The number of nitro groups is 1. The van der Waals surface area contributed by atoms with E-state index < -0.39 is 10.8 Å². The zero-order valence-electron chi connectivity index (χ0n) is 15.8. The third-order valence-electron chi connectivity index (χ3n) is 4.66. The number of nitrogens with zero attached hydrogens (tertiary/aromatic N) is 2. The van der Waals surface area contributed by atoms with E-state index in [1.165, 1.54) is 36.6 Å². The average molecular weight is 424 g/mol. The van der Waals surface area contributed by atoms with Crippen LogP contribution in [-0.2, 0) is 11.2 Å². The molecule has 0 unspecified atom stereocenters. The first-order chi connectivity index (χ1) is 14.4. The lowest BCUT2D eigenvalue weighted by Gasteiger charge is -2.17. The first kappa shape index (κ1) is 19.5. The third-order valence-corrected chi connectivity index (χ3v) is 5.42. The number of methoxy groups -OCH3 is 1. The molecule has 1 aliphatic heterocycles. The van der Waals surface area contributed by atoms with Gasteiger partial charge >= 0.3 is 5.69 Å². The van der Waals surface area contributed by atoms with Crippen molar-refractivity contribution in [3.8, 4) is 17.0 Å². The monoisotopic (exact) mass is 424 g/mol. The topological polar surface area (TPSA) is 123 Å². The van der Waals surface area contributed by atoms with E-state index in [-0.39, 0.29) is 22.9 Å². The highest BCUT2D eigenvalue weighted by Crippen LogP contribution is 2.31. The van der Waals surface area contributed by atoms with Crippen molar-refractivity contribution < 1.29 is 19.2 Å². The minimum atomic E-state index is -0.602. The Morgan fingerprint density at radius 2 is 2.10 bits per heavy atom. The molecule has 2 amide bonds. The van der Waals surface area contributed by atoms with Crippen molar-refractivity contribution in [1.82, 2.24) is 4.98 Å². The van der Waals surface area contributed by atoms with Crippen LogP contribution in [0.3, 0.4) is 0 Å². The summed E-state index contributed by atoms with van der Waals surface area (Å²) < 4.78 is 4.95. The van der Waals surface area contributed by atoms with Gasteiger partial charge in [0, 0.05) is 34.7 Å². The summed E-state index contributed by atoms with van der Waals surface area (Å²) in [6.45, 7) is 0. The van der Waals surface area contributed by atoms with Gasteiger partial charge in [-0.1, -0.05) is 6.07 Å². The van der Waals surface area contributed by atoms with Crippen molar-refractivity contribution in [1.29, 1.82) is 0 Å². The van der Waals surface area contributed by atoms with Crippen LogP contribution < -0.4 is 15.4 Å². The summed E-state index contributed by atoms with van der Waals surface area (Å²) in [6, 6.07) is 9.68. The maximum atomic E-state index is 12.5. The molecule has 30 heavy (non-hydrogen) atoms. The number of fused-ring (bicyclic) bond motifs is 1. The number of ether oxygens (including phenoxy) is 1. The molecule has 0 fully saturated rings. The number of hydrogen-bond donors (Lipinski definition) is 2. The molecular formula is C20H16N4O5S. The van der Waals surface area contributed by atoms with E-state index in [1.807, 2.05) is 23.6 Å². The van der Waals surface area contributed by atoms with Gasteiger partial charge in [0.25, 0.3) is 5.91 Å². The molecular weight excluding hydrogens is 408 g/mol. The van der Waals surface area contributed by atoms with Crippen LogP contribution in [0.4, 0.5) is 16.5 Å². The summed E-state index contributed by atoms with van der Waals surface area (Å²) in [7, 11) is 1.33. The van der Waals surface area contributed by atoms with Gasteiger partial charge in [0.15, 0.2) is 10.9 Å². The van der Waals surface area contributed by atoms with Crippen molar-refractivity contribution in [3.63, 3.8) is 0 Å². The molecule has 0 aliphatic carbocycles. The Morgan fingerprint density at radius 3 is 2.87 bits per heavy atom. The highest BCUT2D eigenvalue weighted by molar-refractivity contribution is 7.14. The van der Waals surface area contributed by atoms with Crippen molar-refractivity contribution in [2.75, 3.05) is 17.7 Å². The van der Waals surface area contributed by atoms with Gasteiger partial charge in [-0.2, -0.15) is 0 Å². The van der Waals surface area contributed by atoms with E-state index in [2.05, 4.69) is 15.6 Å². The van der Waals surface area contributed by atoms with E-state index in [0.29, 0.717) is 23.7 Å². The van der Waals surface area contributed by atoms with Crippen LogP contribution in [-0.4, -0.2) is 28.8 Å². The van der Waals surface area contributed by atoms with Gasteiger partial charge in [0.1, 0.15) is 0 Å². The average Bonchev–Trinajstić information content (AvgIpc) is 3.21. The van der Waals surface area contributed by atoms with Crippen LogP contribution in [0.2, 0.25) is 0 Å². The van der Waals surface area contributed by atoms with Crippen LogP contribution in [0.25, 0.3) is 11.3 Å². The SMILES string of the molecule is COc1ccc(C(=O)Nc2nc(-c3ccc4c(c3)CCC(=O)N4)cs2)cc1[N+](=O)[O-]. The summed E-state index contributed by atoms with van der Waals surface area (Å²) in [5, 5.41) is 18.8. The number of nitrogens with one attached hydrogen (secondary N) is 2. The second kappa shape index (κ2) is 7.91. The summed E-state index contributed by atoms with van der Waals surface area (Å²) in [5.41, 5.74) is 3.25. The highest BCUT2D eigenvalue weighted by Gasteiger charge is 2.19. The summed E-state index contributed by atoms with van der Waals surface area (Å²) >= 11 is 1.25. The smallest absolute Gasteiger partial charge is 0.311 e. The number of carbonyl (C=O) groups excluding carboxylic acids is 2. The minimum Gasteiger partial charge on any atom is -0.490 e. The molecule has 0 spiro atoms. The largest absolute Gasteiger partial charge is 0.490 e. The molecule has 0 radical (unpaired) electrons. The van der Waals surface area contributed by atoms with Gasteiger partial charge < -0.3 is 10.1 Å². The second-order valence-corrected chi connectivity index (χ2v) is 7.41. The van der Waals surface area contributed by atoms with Crippen molar-refractivity contribution in [2.24, 2.45) is 0 Å². The number of rotatable bonds is 5. The molecule has 0 saturated heterocycles. The Morgan fingerprint density at radius 1 is 1.27 bits per heavy atom. The fraction of sp³-hybridized carbons (Fsp3) is 0.150. The minimum absolute atomic E-state index is 0.00711. The summed E-state index contributed by atoms with van der Waals surface area (Å²) in [6.07, 6.45) is 1.11. The third kappa shape index (κ3) is 3.85. The highest BCUT2D eigenvalue weighted by atomic mass is 32.1.